The molecule has 0 spiro atoms. The number of benzene rings is 1. The topological polar surface area (TPSA) is 61.3 Å². The molecule has 0 aliphatic rings. The van der Waals surface area contributed by atoms with Crippen molar-refractivity contribution in [1.29, 1.82) is 0 Å². The van der Waals surface area contributed by atoms with Crippen LogP contribution in [0.3, 0.4) is 0 Å². The van der Waals surface area contributed by atoms with Gasteiger partial charge < -0.3 is 9.47 Å². The second kappa shape index (κ2) is 7.73. The summed E-state index contributed by atoms with van der Waals surface area (Å²) >= 11 is 0. The highest BCUT2D eigenvalue weighted by Crippen LogP contribution is 2.31. The first kappa shape index (κ1) is 17.7. The van der Waals surface area contributed by atoms with E-state index in [9.17, 15) is 4.79 Å². The van der Waals surface area contributed by atoms with E-state index < -0.39 is 5.97 Å². The molecule has 5 nitrogen and oxygen atoms in total. The summed E-state index contributed by atoms with van der Waals surface area (Å²) in [5.74, 6) is 0.945. The van der Waals surface area contributed by atoms with Crippen molar-refractivity contribution < 1.29 is 14.3 Å². The van der Waals surface area contributed by atoms with Gasteiger partial charge in [-0.2, -0.15) is 0 Å². The van der Waals surface area contributed by atoms with E-state index in [1.165, 1.54) is 19.0 Å². The Kier molecular flexibility index (Phi) is 5.68. The molecule has 126 valence electrons. The van der Waals surface area contributed by atoms with Crippen LogP contribution in [-0.2, 0) is 9.53 Å². The first-order chi connectivity index (χ1) is 11.5. The first-order valence-electron chi connectivity index (χ1n) is 7.82. The molecule has 1 aromatic heterocycles. The molecule has 0 amide bonds. The normalized spacial score (nSPS) is 11.5. The highest BCUT2D eigenvalue weighted by Gasteiger charge is 2.21. The molecule has 0 fully saturated rings. The Morgan fingerprint density at radius 2 is 2.00 bits per heavy atom. The third-order valence-electron chi connectivity index (χ3n) is 3.70. The first-order valence-corrected chi connectivity index (χ1v) is 7.82. The molecule has 0 bridgehead atoms. The number of esters is 1. The van der Waals surface area contributed by atoms with E-state index in [4.69, 9.17) is 9.47 Å². The summed E-state index contributed by atoms with van der Waals surface area (Å²) in [7, 11) is 1.34. The third-order valence-corrected chi connectivity index (χ3v) is 3.70. The van der Waals surface area contributed by atoms with Crippen LogP contribution in [0.2, 0.25) is 0 Å². The molecule has 1 aromatic carbocycles. The molecular weight excluding hydrogens is 304 g/mol. The van der Waals surface area contributed by atoms with Crippen LogP contribution in [-0.4, -0.2) is 23.0 Å². The van der Waals surface area contributed by atoms with E-state index >= 15 is 0 Å². The number of nitrogens with zero attached hydrogens (tertiary/aromatic N) is 2. The maximum atomic E-state index is 12.0. The Labute approximate surface area is 142 Å². The summed E-state index contributed by atoms with van der Waals surface area (Å²) in [6.45, 7) is 7.81. The fourth-order valence-electron chi connectivity index (χ4n) is 2.36. The minimum Gasteiger partial charge on any atom is -0.465 e. The number of aromatic nitrogens is 2. The molecular formula is C19H22N2O3. The fourth-order valence-corrected chi connectivity index (χ4v) is 2.36. The fraction of sp³-hybridized carbons (Fsp3) is 0.316. The summed E-state index contributed by atoms with van der Waals surface area (Å²) in [6, 6.07) is 7.82. The van der Waals surface area contributed by atoms with Crippen molar-refractivity contribution in [2.24, 2.45) is 0 Å². The largest absolute Gasteiger partial charge is 0.465 e. The Balaban J connectivity index is 2.47. The van der Waals surface area contributed by atoms with Crippen molar-refractivity contribution in [2.45, 2.75) is 33.6 Å². The van der Waals surface area contributed by atoms with Crippen LogP contribution in [0.1, 0.15) is 43.5 Å². The summed E-state index contributed by atoms with van der Waals surface area (Å²) in [4.78, 5) is 20.4. The number of methoxy groups -OCH3 is 1. The second-order valence-electron chi connectivity index (χ2n) is 5.66. The van der Waals surface area contributed by atoms with E-state index in [1.807, 2.05) is 18.2 Å². The van der Waals surface area contributed by atoms with Gasteiger partial charge in [-0.3, -0.25) is 0 Å². The van der Waals surface area contributed by atoms with Gasteiger partial charge in [0, 0.05) is 0 Å². The molecule has 0 aliphatic carbocycles. The number of rotatable bonds is 5. The minimum atomic E-state index is -0.448. The van der Waals surface area contributed by atoms with Crippen molar-refractivity contribution in [1.82, 2.24) is 9.97 Å². The van der Waals surface area contributed by atoms with Crippen molar-refractivity contribution in [3.63, 3.8) is 0 Å². The van der Waals surface area contributed by atoms with Crippen LogP contribution in [0.4, 0.5) is 0 Å². The van der Waals surface area contributed by atoms with E-state index in [-0.39, 0.29) is 0 Å². The van der Waals surface area contributed by atoms with Gasteiger partial charge in [0.15, 0.2) is 0 Å². The Hall–Kier alpha value is -2.69. The number of aryl methyl sites for hydroxylation is 1. The van der Waals surface area contributed by atoms with Crippen LogP contribution in [0, 0.1) is 6.92 Å². The van der Waals surface area contributed by atoms with Crippen molar-refractivity contribution in [2.75, 3.05) is 7.11 Å². The molecule has 5 heteroatoms. The zero-order valence-corrected chi connectivity index (χ0v) is 14.7. The molecule has 24 heavy (non-hydrogen) atoms. The van der Waals surface area contributed by atoms with E-state index in [0.717, 1.165) is 0 Å². The average molecular weight is 326 g/mol. The highest BCUT2D eigenvalue weighted by molar-refractivity contribution is 6.17. The van der Waals surface area contributed by atoms with Gasteiger partial charge in [-0.05, 0) is 37.5 Å². The smallest absolute Gasteiger partial charge is 0.338 e. The number of allylic oxidation sites excluding steroid dienone is 1. The molecule has 0 aliphatic heterocycles. The molecule has 1 heterocycles. The van der Waals surface area contributed by atoms with Crippen molar-refractivity contribution in [3.05, 3.63) is 53.5 Å². The van der Waals surface area contributed by atoms with Gasteiger partial charge in [0.05, 0.1) is 23.9 Å². The summed E-state index contributed by atoms with van der Waals surface area (Å²) in [5.41, 5.74) is 2.74. The highest BCUT2D eigenvalue weighted by atomic mass is 16.5. The maximum absolute atomic E-state index is 12.0. The van der Waals surface area contributed by atoms with Crippen LogP contribution in [0.15, 0.2) is 36.7 Å². The van der Waals surface area contributed by atoms with E-state index in [2.05, 4.69) is 29.9 Å². The van der Waals surface area contributed by atoms with Crippen LogP contribution in [0.5, 0.6) is 11.6 Å². The number of hydrogen-bond donors (Lipinski definition) is 0. The quantitative estimate of drug-likeness (QED) is 0.606. The Morgan fingerprint density at radius 3 is 2.62 bits per heavy atom. The molecule has 0 unspecified atom stereocenters. The van der Waals surface area contributed by atoms with Gasteiger partial charge in [0.1, 0.15) is 12.1 Å². The van der Waals surface area contributed by atoms with Gasteiger partial charge in [-0.15, -0.1) is 0 Å². The number of hydrogen-bond acceptors (Lipinski definition) is 5. The monoisotopic (exact) mass is 326 g/mol. The number of carbonyl (C=O) groups is 1. The second-order valence-corrected chi connectivity index (χ2v) is 5.66. The van der Waals surface area contributed by atoms with Crippen molar-refractivity contribution in [3.8, 4) is 11.6 Å². The lowest BCUT2D eigenvalue weighted by Gasteiger charge is -2.14. The lowest BCUT2D eigenvalue weighted by atomic mass is 10.0. The predicted molar refractivity (Wildman–Crippen MR) is 93.0 cm³/mol. The van der Waals surface area contributed by atoms with Gasteiger partial charge in [0.2, 0.25) is 5.88 Å². The van der Waals surface area contributed by atoms with Gasteiger partial charge in [-0.25, -0.2) is 14.8 Å². The van der Waals surface area contributed by atoms with Crippen molar-refractivity contribution >= 4 is 11.5 Å². The third kappa shape index (κ3) is 3.79. The standard InChI is InChI=1S/C19H22N2O3/c1-6-16(19(22)23-5)17-13(4)20-11-21-18(17)24-15-9-7-8-14(10-15)12(2)3/h6-12H,1-5H3. The summed E-state index contributed by atoms with van der Waals surface area (Å²) in [6.07, 6.45) is 3.10. The minimum absolute atomic E-state index is 0.335. The maximum Gasteiger partial charge on any atom is 0.338 e. The summed E-state index contributed by atoms with van der Waals surface area (Å²) < 4.78 is 10.8. The lowest BCUT2D eigenvalue weighted by molar-refractivity contribution is -0.133. The predicted octanol–water partition coefficient (Wildman–Crippen LogP) is 4.28. The van der Waals surface area contributed by atoms with Crippen LogP contribution >= 0.6 is 0 Å². The molecule has 0 saturated carbocycles. The van der Waals surface area contributed by atoms with Crippen LogP contribution < -0.4 is 4.74 Å². The lowest BCUT2D eigenvalue weighted by Crippen LogP contribution is -2.08. The zero-order chi connectivity index (χ0) is 17.7. The molecule has 0 radical (unpaired) electrons. The molecule has 2 aromatic rings. The Bertz CT molecular complexity index is 767. The van der Waals surface area contributed by atoms with E-state index in [0.29, 0.717) is 34.4 Å². The summed E-state index contributed by atoms with van der Waals surface area (Å²) in [5, 5.41) is 0. The Morgan fingerprint density at radius 1 is 1.25 bits per heavy atom. The molecule has 0 N–H and O–H groups in total. The van der Waals surface area contributed by atoms with Gasteiger partial charge in [0.25, 0.3) is 0 Å². The van der Waals surface area contributed by atoms with Crippen LogP contribution in [0.25, 0.3) is 5.57 Å². The zero-order valence-electron chi connectivity index (χ0n) is 14.7. The van der Waals surface area contributed by atoms with E-state index in [1.54, 1.807) is 19.9 Å². The SMILES string of the molecule is CC=C(C(=O)OC)c1c(C)ncnc1Oc1cccc(C(C)C)c1. The molecule has 2 rings (SSSR count). The molecule has 0 atom stereocenters. The number of carbonyl (C=O) groups excluding carboxylic acids is 1. The molecule has 0 saturated heterocycles. The van der Waals surface area contributed by atoms with Gasteiger partial charge in [-0.1, -0.05) is 32.1 Å². The number of ether oxygens (including phenoxy) is 2. The van der Waals surface area contributed by atoms with Gasteiger partial charge >= 0.3 is 5.97 Å². The average Bonchev–Trinajstić information content (AvgIpc) is 2.57.